The van der Waals surface area contributed by atoms with Gasteiger partial charge in [-0.3, -0.25) is 0 Å². The Kier molecular flexibility index (Phi) is 4.94. The van der Waals surface area contributed by atoms with E-state index in [0.29, 0.717) is 18.0 Å². The lowest BCUT2D eigenvalue weighted by atomic mass is 9.79. The molecule has 0 saturated carbocycles. The number of fused-ring (bicyclic) bond motifs is 1. The molecule has 1 aliphatic heterocycles. The first-order valence-electron chi connectivity index (χ1n) is 8.21. The van der Waals surface area contributed by atoms with Crippen LogP contribution in [0.2, 0.25) is 5.02 Å². The summed E-state index contributed by atoms with van der Waals surface area (Å²) in [7, 11) is -0.555. The molecule has 0 aromatic heterocycles. The Morgan fingerprint density at radius 3 is 2.31 bits per heavy atom. The second-order valence-corrected chi connectivity index (χ2v) is 9.27. The fourth-order valence-electron chi connectivity index (χ4n) is 3.42. The van der Waals surface area contributed by atoms with Gasteiger partial charge in [0.25, 0.3) is 0 Å². The summed E-state index contributed by atoms with van der Waals surface area (Å²) in [4.78, 5) is 0.126. The van der Waals surface area contributed by atoms with Crippen LogP contribution in [0.15, 0.2) is 41.3 Å². The summed E-state index contributed by atoms with van der Waals surface area (Å²) in [6.07, 6.45) is 0. The summed E-state index contributed by atoms with van der Waals surface area (Å²) < 4.78 is 38.6. The minimum absolute atomic E-state index is 0.126. The van der Waals surface area contributed by atoms with Crippen molar-refractivity contribution in [3.63, 3.8) is 0 Å². The molecular formula is C19H22ClNO4S. The molecule has 1 aliphatic rings. The lowest BCUT2D eigenvalue weighted by Gasteiger charge is -2.39. The average molecular weight is 396 g/mol. The molecule has 0 bridgehead atoms. The van der Waals surface area contributed by atoms with E-state index in [2.05, 4.69) is 0 Å². The van der Waals surface area contributed by atoms with Crippen LogP contribution in [0.4, 0.5) is 0 Å². The van der Waals surface area contributed by atoms with Crippen LogP contribution in [0, 0.1) is 0 Å². The number of benzene rings is 2. The summed E-state index contributed by atoms with van der Waals surface area (Å²) in [6.45, 7) is 4.65. The number of rotatable bonds is 4. The third kappa shape index (κ3) is 3.17. The first-order chi connectivity index (χ1) is 12.2. The topological polar surface area (TPSA) is 55.8 Å². The van der Waals surface area contributed by atoms with Crippen LogP contribution in [-0.4, -0.2) is 33.5 Å². The van der Waals surface area contributed by atoms with Crippen LogP contribution < -0.4 is 9.47 Å². The van der Waals surface area contributed by atoms with Crippen molar-refractivity contribution >= 4 is 21.6 Å². The van der Waals surface area contributed by atoms with Gasteiger partial charge in [0.2, 0.25) is 10.0 Å². The summed E-state index contributed by atoms with van der Waals surface area (Å²) in [5.41, 5.74) is 1.57. The predicted molar refractivity (Wildman–Crippen MR) is 102 cm³/mol. The largest absolute Gasteiger partial charge is 0.493 e. The van der Waals surface area contributed by atoms with Gasteiger partial charge < -0.3 is 9.47 Å². The van der Waals surface area contributed by atoms with Gasteiger partial charge in [0.05, 0.1) is 19.2 Å². The zero-order chi connectivity index (χ0) is 19.1. The average Bonchev–Trinajstić information content (AvgIpc) is 2.60. The van der Waals surface area contributed by atoms with Gasteiger partial charge in [0.1, 0.15) is 4.90 Å². The SMILES string of the molecule is COc1cc2c(cc1OC)C(C)(C)CN(S(=O)(=O)c1ccccc1Cl)C2. The molecular weight excluding hydrogens is 374 g/mol. The highest BCUT2D eigenvalue weighted by molar-refractivity contribution is 7.89. The standard InChI is InChI=1S/C19H22ClNO4S/c1-19(2)12-21(26(22,23)18-8-6-5-7-15(18)20)11-13-9-16(24-3)17(25-4)10-14(13)19/h5-10H,11-12H2,1-4H3. The molecule has 7 heteroatoms. The first kappa shape index (κ1) is 19.0. The Labute approximate surface area is 159 Å². The first-order valence-corrected chi connectivity index (χ1v) is 10.0. The Hall–Kier alpha value is -1.76. The van der Waals surface area contributed by atoms with Crippen LogP contribution in [0.3, 0.4) is 0 Å². The van der Waals surface area contributed by atoms with E-state index in [-0.39, 0.29) is 21.9 Å². The molecule has 0 aliphatic carbocycles. The molecule has 26 heavy (non-hydrogen) atoms. The van der Waals surface area contributed by atoms with Crippen molar-refractivity contribution in [3.8, 4) is 11.5 Å². The van der Waals surface area contributed by atoms with Crippen molar-refractivity contribution in [2.45, 2.75) is 30.7 Å². The van der Waals surface area contributed by atoms with Crippen molar-refractivity contribution in [1.82, 2.24) is 4.31 Å². The Balaban J connectivity index is 2.09. The van der Waals surface area contributed by atoms with Crippen molar-refractivity contribution in [2.75, 3.05) is 20.8 Å². The van der Waals surface area contributed by atoms with Crippen molar-refractivity contribution in [2.24, 2.45) is 0 Å². The molecule has 0 amide bonds. The zero-order valence-electron chi connectivity index (χ0n) is 15.2. The maximum Gasteiger partial charge on any atom is 0.244 e. The number of halogens is 1. The smallest absolute Gasteiger partial charge is 0.244 e. The molecule has 0 unspecified atom stereocenters. The van der Waals surface area contributed by atoms with E-state index in [0.717, 1.165) is 11.1 Å². The molecule has 0 fully saturated rings. The number of hydrogen-bond donors (Lipinski definition) is 0. The number of nitrogens with zero attached hydrogens (tertiary/aromatic N) is 1. The Morgan fingerprint density at radius 1 is 1.08 bits per heavy atom. The van der Waals surface area contributed by atoms with Crippen molar-refractivity contribution in [3.05, 3.63) is 52.5 Å². The van der Waals surface area contributed by atoms with E-state index in [9.17, 15) is 8.42 Å². The van der Waals surface area contributed by atoms with Gasteiger partial charge in [-0.15, -0.1) is 0 Å². The second kappa shape index (κ2) is 6.76. The molecule has 0 saturated heterocycles. The molecule has 5 nitrogen and oxygen atoms in total. The van der Waals surface area contributed by atoms with E-state index >= 15 is 0 Å². The normalized spacial score (nSPS) is 16.8. The molecule has 3 rings (SSSR count). The molecule has 2 aromatic carbocycles. The van der Waals surface area contributed by atoms with Gasteiger partial charge in [-0.25, -0.2) is 8.42 Å². The maximum absolute atomic E-state index is 13.2. The maximum atomic E-state index is 13.2. The highest BCUT2D eigenvalue weighted by Gasteiger charge is 2.39. The number of methoxy groups -OCH3 is 2. The van der Waals surface area contributed by atoms with Crippen LogP contribution >= 0.6 is 11.6 Å². The molecule has 140 valence electrons. The minimum Gasteiger partial charge on any atom is -0.493 e. The zero-order valence-corrected chi connectivity index (χ0v) is 16.8. The van der Waals surface area contributed by atoms with E-state index in [1.807, 2.05) is 26.0 Å². The second-order valence-electron chi connectivity index (χ2n) is 6.95. The quantitative estimate of drug-likeness (QED) is 0.789. The molecule has 1 heterocycles. The molecule has 2 aromatic rings. The van der Waals surface area contributed by atoms with Crippen molar-refractivity contribution in [1.29, 1.82) is 0 Å². The van der Waals surface area contributed by atoms with Gasteiger partial charge >= 0.3 is 0 Å². The summed E-state index contributed by atoms with van der Waals surface area (Å²) >= 11 is 6.14. The highest BCUT2D eigenvalue weighted by atomic mass is 35.5. The lowest BCUT2D eigenvalue weighted by Crippen LogP contribution is -2.45. The van der Waals surface area contributed by atoms with Crippen LogP contribution in [-0.2, 0) is 22.0 Å². The van der Waals surface area contributed by atoms with Gasteiger partial charge in [0.15, 0.2) is 11.5 Å². The highest BCUT2D eigenvalue weighted by Crippen LogP contribution is 2.41. The Bertz CT molecular complexity index is 941. The summed E-state index contributed by atoms with van der Waals surface area (Å²) in [5, 5.41) is 0.225. The van der Waals surface area contributed by atoms with Crippen LogP contribution in [0.5, 0.6) is 11.5 Å². The van der Waals surface area contributed by atoms with Gasteiger partial charge in [0, 0.05) is 18.5 Å². The van der Waals surface area contributed by atoms with E-state index in [1.54, 1.807) is 32.4 Å². The minimum atomic E-state index is -3.71. The van der Waals surface area contributed by atoms with Crippen LogP contribution in [0.25, 0.3) is 0 Å². The number of ether oxygens (including phenoxy) is 2. The molecule has 0 N–H and O–H groups in total. The van der Waals surface area contributed by atoms with Gasteiger partial charge in [-0.05, 0) is 35.4 Å². The lowest BCUT2D eigenvalue weighted by molar-refractivity contribution is 0.294. The fourth-order valence-corrected chi connectivity index (χ4v) is 5.49. The molecule has 0 atom stereocenters. The predicted octanol–water partition coefficient (Wildman–Crippen LogP) is 3.84. The van der Waals surface area contributed by atoms with Crippen LogP contribution in [0.1, 0.15) is 25.0 Å². The third-order valence-electron chi connectivity index (χ3n) is 4.71. The van der Waals surface area contributed by atoms with Crippen molar-refractivity contribution < 1.29 is 17.9 Å². The monoisotopic (exact) mass is 395 g/mol. The number of sulfonamides is 1. The molecule has 0 spiro atoms. The van der Waals surface area contributed by atoms with Gasteiger partial charge in [-0.1, -0.05) is 37.6 Å². The van der Waals surface area contributed by atoms with Gasteiger partial charge in [-0.2, -0.15) is 4.31 Å². The Morgan fingerprint density at radius 2 is 1.69 bits per heavy atom. The summed E-state index contributed by atoms with van der Waals surface area (Å²) in [5.74, 6) is 1.22. The number of hydrogen-bond acceptors (Lipinski definition) is 4. The van der Waals surface area contributed by atoms with E-state index < -0.39 is 10.0 Å². The van der Waals surface area contributed by atoms with E-state index in [1.165, 1.54) is 10.4 Å². The van der Waals surface area contributed by atoms with E-state index in [4.69, 9.17) is 21.1 Å². The molecule has 0 radical (unpaired) electrons. The fraction of sp³-hybridized carbons (Fsp3) is 0.368. The third-order valence-corrected chi connectivity index (χ3v) is 7.00. The summed E-state index contributed by atoms with van der Waals surface area (Å²) in [6, 6.07) is 10.3.